The van der Waals surface area contributed by atoms with Crippen molar-refractivity contribution < 1.29 is 8.42 Å². The second kappa shape index (κ2) is 4.72. The van der Waals surface area contributed by atoms with Crippen LogP contribution in [0.2, 0.25) is 0 Å². The Labute approximate surface area is 102 Å². The van der Waals surface area contributed by atoms with Crippen molar-refractivity contribution in [2.45, 2.75) is 17.1 Å². The van der Waals surface area contributed by atoms with Crippen molar-refractivity contribution in [2.24, 2.45) is 0 Å². The summed E-state index contributed by atoms with van der Waals surface area (Å²) in [6.45, 7) is 1.72. The Bertz CT molecular complexity index is 574. The van der Waals surface area contributed by atoms with Gasteiger partial charge in [0.2, 0.25) is 0 Å². The minimum absolute atomic E-state index is 0.372. The van der Waals surface area contributed by atoms with Crippen LogP contribution in [0.4, 0.5) is 0 Å². The van der Waals surface area contributed by atoms with Crippen LogP contribution in [0.25, 0.3) is 0 Å². The Morgan fingerprint density at radius 2 is 1.29 bits per heavy atom. The van der Waals surface area contributed by atoms with E-state index in [-0.39, 0.29) is 0 Å². The smallest absolute Gasteiger partial charge is 0.185 e. The fourth-order valence-corrected chi connectivity index (χ4v) is 3.18. The van der Waals surface area contributed by atoms with Crippen molar-refractivity contribution in [1.29, 1.82) is 0 Å². The number of hydrogen-bond acceptors (Lipinski definition) is 2. The summed E-state index contributed by atoms with van der Waals surface area (Å²) in [5.41, 5.74) is 0.816. The van der Waals surface area contributed by atoms with Gasteiger partial charge < -0.3 is 0 Å². The van der Waals surface area contributed by atoms with E-state index in [1.807, 2.05) is 36.4 Å². The van der Waals surface area contributed by atoms with Crippen LogP contribution >= 0.6 is 0 Å². The molecule has 2 rings (SSSR count). The van der Waals surface area contributed by atoms with Crippen LogP contribution in [0.15, 0.2) is 65.6 Å². The minimum atomic E-state index is -3.29. The maximum atomic E-state index is 12.3. The Balaban J connectivity index is 2.41. The highest BCUT2D eigenvalue weighted by molar-refractivity contribution is 7.91. The molecule has 2 aromatic carbocycles. The van der Waals surface area contributed by atoms with E-state index in [1.54, 1.807) is 31.2 Å². The van der Waals surface area contributed by atoms with E-state index in [9.17, 15) is 8.42 Å². The van der Waals surface area contributed by atoms with E-state index < -0.39 is 15.1 Å². The number of rotatable bonds is 3. The first-order valence-electron chi connectivity index (χ1n) is 5.46. The van der Waals surface area contributed by atoms with E-state index in [0.29, 0.717) is 4.90 Å². The summed E-state index contributed by atoms with van der Waals surface area (Å²) in [5, 5.41) is -0.522. The molecule has 1 unspecified atom stereocenters. The lowest BCUT2D eigenvalue weighted by atomic mass is 10.2. The van der Waals surface area contributed by atoms with Crippen LogP contribution in [-0.4, -0.2) is 8.42 Å². The molecule has 0 heterocycles. The predicted molar refractivity (Wildman–Crippen MR) is 68.5 cm³/mol. The highest BCUT2D eigenvalue weighted by Gasteiger charge is 2.24. The first kappa shape index (κ1) is 11.9. The molecule has 2 nitrogen and oxygen atoms in total. The van der Waals surface area contributed by atoms with Gasteiger partial charge in [0.1, 0.15) is 0 Å². The zero-order valence-electron chi connectivity index (χ0n) is 9.58. The Morgan fingerprint density at radius 3 is 1.82 bits per heavy atom. The molecular weight excluding hydrogens is 232 g/mol. The molecule has 0 aromatic heterocycles. The molecule has 0 aliphatic carbocycles. The molecule has 0 amide bonds. The maximum absolute atomic E-state index is 12.3. The van der Waals surface area contributed by atoms with Crippen LogP contribution < -0.4 is 0 Å². The van der Waals surface area contributed by atoms with Crippen LogP contribution in [-0.2, 0) is 9.84 Å². The topological polar surface area (TPSA) is 34.1 Å². The fourth-order valence-electron chi connectivity index (χ4n) is 1.72. The number of hydrogen-bond donors (Lipinski definition) is 0. The summed E-state index contributed by atoms with van der Waals surface area (Å²) in [5.74, 6) is 0. The molecule has 0 saturated carbocycles. The minimum Gasteiger partial charge on any atom is -0.223 e. The molecule has 0 fully saturated rings. The Kier molecular flexibility index (Phi) is 3.29. The molecule has 0 spiro atoms. The van der Waals surface area contributed by atoms with Crippen molar-refractivity contribution in [3.8, 4) is 0 Å². The molecule has 3 heteroatoms. The monoisotopic (exact) mass is 246 g/mol. The highest BCUT2D eigenvalue weighted by atomic mass is 32.2. The van der Waals surface area contributed by atoms with Gasteiger partial charge in [-0.15, -0.1) is 0 Å². The van der Waals surface area contributed by atoms with Crippen LogP contribution in [0.1, 0.15) is 17.7 Å². The largest absolute Gasteiger partial charge is 0.223 e. The average molecular weight is 246 g/mol. The predicted octanol–water partition coefficient (Wildman–Crippen LogP) is 3.22. The van der Waals surface area contributed by atoms with Crippen LogP contribution in [0.3, 0.4) is 0 Å². The van der Waals surface area contributed by atoms with Crippen molar-refractivity contribution in [3.05, 3.63) is 66.2 Å². The molecule has 17 heavy (non-hydrogen) atoms. The number of sulfone groups is 1. The number of benzene rings is 2. The lowest BCUT2D eigenvalue weighted by Crippen LogP contribution is -2.10. The van der Waals surface area contributed by atoms with Gasteiger partial charge in [0.15, 0.2) is 9.84 Å². The molecule has 2 aromatic rings. The van der Waals surface area contributed by atoms with Gasteiger partial charge in [-0.05, 0) is 24.6 Å². The Hall–Kier alpha value is -1.61. The summed E-state index contributed by atoms with van der Waals surface area (Å²) >= 11 is 0. The zero-order chi connectivity index (χ0) is 12.3. The van der Waals surface area contributed by atoms with E-state index >= 15 is 0 Å². The first-order chi connectivity index (χ1) is 8.12. The summed E-state index contributed by atoms with van der Waals surface area (Å²) in [7, 11) is -3.29. The van der Waals surface area contributed by atoms with Gasteiger partial charge in [-0.1, -0.05) is 48.5 Å². The summed E-state index contributed by atoms with van der Waals surface area (Å²) in [6.07, 6.45) is 0. The van der Waals surface area contributed by atoms with E-state index in [2.05, 4.69) is 0 Å². The normalized spacial score (nSPS) is 13.2. The van der Waals surface area contributed by atoms with Crippen molar-refractivity contribution in [3.63, 3.8) is 0 Å². The van der Waals surface area contributed by atoms with Gasteiger partial charge in [0, 0.05) is 0 Å². The third-order valence-corrected chi connectivity index (χ3v) is 4.94. The van der Waals surface area contributed by atoms with E-state index in [4.69, 9.17) is 0 Å². The molecule has 88 valence electrons. The molecular formula is C14H14O2S. The van der Waals surface area contributed by atoms with Gasteiger partial charge in [-0.2, -0.15) is 0 Å². The molecule has 0 bridgehead atoms. The quantitative estimate of drug-likeness (QED) is 0.833. The van der Waals surface area contributed by atoms with E-state index in [0.717, 1.165) is 5.56 Å². The lowest BCUT2D eigenvalue weighted by Gasteiger charge is -2.13. The summed E-state index contributed by atoms with van der Waals surface area (Å²) in [4.78, 5) is 0.372. The van der Waals surface area contributed by atoms with Crippen LogP contribution in [0, 0.1) is 0 Å². The SMILES string of the molecule is CC(c1ccccc1)S(=O)(=O)c1ccccc1. The molecule has 0 aliphatic rings. The molecule has 1 atom stereocenters. The lowest BCUT2D eigenvalue weighted by molar-refractivity contribution is 0.586. The van der Waals surface area contributed by atoms with E-state index in [1.165, 1.54) is 0 Å². The zero-order valence-corrected chi connectivity index (χ0v) is 10.4. The third-order valence-electron chi connectivity index (χ3n) is 2.81. The van der Waals surface area contributed by atoms with Gasteiger partial charge in [0.25, 0.3) is 0 Å². The summed E-state index contributed by atoms with van der Waals surface area (Å²) < 4.78 is 24.7. The average Bonchev–Trinajstić information content (AvgIpc) is 2.40. The van der Waals surface area contributed by atoms with Crippen molar-refractivity contribution in [2.75, 3.05) is 0 Å². The highest BCUT2D eigenvalue weighted by Crippen LogP contribution is 2.27. The summed E-state index contributed by atoms with van der Waals surface area (Å²) in [6, 6.07) is 17.8. The van der Waals surface area contributed by atoms with Crippen molar-refractivity contribution in [1.82, 2.24) is 0 Å². The van der Waals surface area contributed by atoms with Gasteiger partial charge >= 0.3 is 0 Å². The second-order valence-electron chi connectivity index (χ2n) is 3.91. The van der Waals surface area contributed by atoms with Gasteiger partial charge in [0.05, 0.1) is 10.1 Å². The molecule has 0 radical (unpaired) electrons. The second-order valence-corrected chi connectivity index (χ2v) is 6.18. The molecule has 0 saturated heterocycles. The first-order valence-corrected chi connectivity index (χ1v) is 7.01. The van der Waals surface area contributed by atoms with Crippen molar-refractivity contribution >= 4 is 9.84 Å². The maximum Gasteiger partial charge on any atom is 0.185 e. The fraction of sp³-hybridized carbons (Fsp3) is 0.143. The Morgan fingerprint density at radius 1 is 0.824 bits per heavy atom. The molecule has 0 aliphatic heterocycles. The van der Waals surface area contributed by atoms with Crippen LogP contribution in [0.5, 0.6) is 0 Å². The van der Waals surface area contributed by atoms with Gasteiger partial charge in [-0.25, -0.2) is 8.42 Å². The van der Waals surface area contributed by atoms with Gasteiger partial charge in [-0.3, -0.25) is 0 Å². The standard InChI is InChI=1S/C14H14O2S/c1-12(13-8-4-2-5-9-13)17(15,16)14-10-6-3-7-11-14/h2-12H,1H3. The third kappa shape index (κ3) is 2.39. The molecule has 0 N–H and O–H groups in total.